The molecule has 2 aliphatic rings. The summed E-state index contributed by atoms with van der Waals surface area (Å²) in [4.78, 5) is 49.7. The normalized spacial score (nSPS) is 18.9. The van der Waals surface area contributed by atoms with Crippen molar-refractivity contribution < 1.29 is 9.59 Å². The second kappa shape index (κ2) is 6.61. The summed E-state index contributed by atoms with van der Waals surface area (Å²) < 4.78 is 1.50. The number of hydrogen-bond acceptors (Lipinski definition) is 5. The highest BCUT2D eigenvalue weighted by Crippen LogP contribution is 2.26. The molecule has 8 nitrogen and oxygen atoms in total. The molecule has 4 rings (SSSR count). The maximum atomic E-state index is 12.9. The third-order valence-electron chi connectivity index (χ3n) is 5.34. The topological polar surface area (TPSA) is 88.4 Å². The van der Waals surface area contributed by atoms with Gasteiger partial charge in [0.2, 0.25) is 11.8 Å². The van der Waals surface area contributed by atoms with Crippen molar-refractivity contribution in [1.82, 2.24) is 24.3 Å². The first kappa shape index (κ1) is 17.4. The molecule has 4 heterocycles. The van der Waals surface area contributed by atoms with Gasteiger partial charge >= 0.3 is 0 Å². The molecule has 0 bridgehead atoms. The highest BCUT2D eigenvalue weighted by molar-refractivity contribution is 5.89. The Morgan fingerprint density at radius 2 is 2.07 bits per heavy atom. The van der Waals surface area contributed by atoms with Gasteiger partial charge in [0.25, 0.3) is 5.56 Å². The van der Waals surface area contributed by atoms with E-state index < -0.39 is 0 Å². The van der Waals surface area contributed by atoms with Gasteiger partial charge in [-0.05, 0) is 19.1 Å². The van der Waals surface area contributed by atoms with Gasteiger partial charge in [-0.3, -0.25) is 23.9 Å². The summed E-state index contributed by atoms with van der Waals surface area (Å²) in [5.74, 6) is 0.108. The molecule has 0 N–H and O–H groups in total. The van der Waals surface area contributed by atoms with Gasteiger partial charge < -0.3 is 9.80 Å². The largest absolute Gasteiger partial charge is 0.336 e. The van der Waals surface area contributed by atoms with E-state index in [0.717, 1.165) is 5.69 Å². The van der Waals surface area contributed by atoms with Crippen molar-refractivity contribution >= 4 is 11.8 Å². The van der Waals surface area contributed by atoms with Gasteiger partial charge in [0, 0.05) is 26.2 Å². The number of rotatable bonds is 3. The first-order valence-corrected chi connectivity index (χ1v) is 8.96. The summed E-state index contributed by atoms with van der Waals surface area (Å²) in [6, 6.07) is 5.57. The van der Waals surface area contributed by atoms with Gasteiger partial charge in [-0.2, -0.15) is 0 Å². The third-order valence-corrected chi connectivity index (χ3v) is 5.34. The fourth-order valence-electron chi connectivity index (χ4n) is 3.72. The Morgan fingerprint density at radius 1 is 1.26 bits per heavy atom. The molecule has 1 saturated heterocycles. The smallest absolute Gasteiger partial charge is 0.258 e. The second-order valence-electron chi connectivity index (χ2n) is 7.14. The molecule has 2 aromatic heterocycles. The van der Waals surface area contributed by atoms with Gasteiger partial charge in [-0.25, -0.2) is 4.98 Å². The van der Waals surface area contributed by atoms with E-state index >= 15 is 0 Å². The molecule has 2 aliphatic heterocycles. The number of carbonyl (C=O) groups excluding carboxylic acids is 2. The first-order valence-electron chi connectivity index (χ1n) is 8.96. The van der Waals surface area contributed by atoms with E-state index in [0.29, 0.717) is 36.7 Å². The number of aryl methyl sites for hydroxylation is 1. The lowest BCUT2D eigenvalue weighted by Gasteiger charge is -2.20. The monoisotopic (exact) mass is 367 g/mol. The van der Waals surface area contributed by atoms with E-state index in [1.807, 2.05) is 18.2 Å². The van der Waals surface area contributed by atoms with Crippen molar-refractivity contribution in [3.05, 3.63) is 57.5 Å². The molecule has 0 aliphatic carbocycles. The lowest BCUT2D eigenvalue weighted by molar-refractivity contribution is -0.136. The molecule has 8 heteroatoms. The maximum absolute atomic E-state index is 12.9. The summed E-state index contributed by atoms with van der Waals surface area (Å²) in [5.41, 5.74) is 1.94. The predicted octanol–water partition coefficient (Wildman–Crippen LogP) is 0.375. The van der Waals surface area contributed by atoms with Crippen molar-refractivity contribution in [1.29, 1.82) is 0 Å². The standard InChI is InChI=1S/C19H21N5O3/c1-12-21-16-11-24(10-15(16)19(27)22(12)2)18(26)13-7-17(25)23(8-13)9-14-5-3-4-6-20-14/h3-6,13H,7-11H2,1-2H3/t13-/m1/s1. The van der Waals surface area contributed by atoms with Gasteiger partial charge in [-0.15, -0.1) is 0 Å². The van der Waals surface area contributed by atoms with Crippen LogP contribution in [0.25, 0.3) is 0 Å². The van der Waals surface area contributed by atoms with Crippen molar-refractivity contribution in [3.8, 4) is 0 Å². The minimum Gasteiger partial charge on any atom is -0.336 e. The van der Waals surface area contributed by atoms with Crippen LogP contribution >= 0.6 is 0 Å². The molecule has 0 unspecified atom stereocenters. The van der Waals surface area contributed by atoms with Crippen LogP contribution in [0.3, 0.4) is 0 Å². The summed E-state index contributed by atoms with van der Waals surface area (Å²) in [5, 5.41) is 0. The number of aromatic nitrogens is 3. The van der Waals surface area contributed by atoms with Gasteiger partial charge in [0.05, 0.1) is 42.5 Å². The van der Waals surface area contributed by atoms with Crippen LogP contribution in [0.5, 0.6) is 0 Å². The van der Waals surface area contributed by atoms with Crippen LogP contribution in [0.4, 0.5) is 0 Å². The fraction of sp³-hybridized carbons (Fsp3) is 0.421. The van der Waals surface area contributed by atoms with E-state index in [4.69, 9.17) is 0 Å². The molecule has 1 atom stereocenters. The molecule has 2 aromatic rings. The average molecular weight is 367 g/mol. The van der Waals surface area contributed by atoms with E-state index in [1.165, 1.54) is 4.57 Å². The zero-order valence-electron chi connectivity index (χ0n) is 15.4. The van der Waals surface area contributed by atoms with Gasteiger partial charge in [0.1, 0.15) is 5.82 Å². The Bertz CT molecular complexity index is 969. The van der Waals surface area contributed by atoms with E-state index in [9.17, 15) is 14.4 Å². The predicted molar refractivity (Wildman–Crippen MR) is 96.2 cm³/mol. The molecule has 0 radical (unpaired) electrons. The van der Waals surface area contributed by atoms with Crippen LogP contribution in [-0.4, -0.2) is 42.7 Å². The first-order chi connectivity index (χ1) is 12.9. The van der Waals surface area contributed by atoms with Crippen molar-refractivity contribution in [3.63, 3.8) is 0 Å². The molecular weight excluding hydrogens is 346 g/mol. The molecule has 2 amide bonds. The number of fused-ring (bicyclic) bond motifs is 1. The minimum absolute atomic E-state index is 0.0411. The third kappa shape index (κ3) is 3.11. The van der Waals surface area contributed by atoms with Crippen LogP contribution < -0.4 is 5.56 Å². The van der Waals surface area contributed by atoms with E-state index in [1.54, 1.807) is 30.0 Å². The van der Waals surface area contributed by atoms with Crippen LogP contribution in [0.1, 0.15) is 29.2 Å². The highest BCUT2D eigenvalue weighted by atomic mass is 16.2. The Labute approximate surface area is 156 Å². The number of amides is 2. The molecule has 0 spiro atoms. The zero-order valence-corrected chi connectivity index (χ0v) is 15.4. The number of pyridine rings is 1. The Balaban J connectivity index is 1.46. The summed E-state index contributed by atoms with van der Waals surface area (Å²) in [6.07, 6.45) is 1.89. The van der Waals surface area contributed by atoms with E-state index in [-0.39, 0.29) is 36.3 Å². The second-order valence-corrected chi connectivity index (χ2v) is 7.14. The Morgan fingerprint density at radius 3 is 2.81 bits per heavy atom. The van der Waals surface area contributed by atoms with Gasteiger partial charge in [0.15, 0.2) is 0 Å². The van der Waals surface area contributed by atoms with Crippen LogP contribution in [0, 0.1) is 12.8 Å². The van der Waals surface area contributed by atoms with Crippen LogP contribution in [-0.2, 0) is 36.3 Å². The van der Waals surface area contributed by atoms with E-state index in [2.05, 4.69) is 9.97 Å². The molecule has 140 valence electrons. The minimum atomic E-state index is -0.388. The molecule has 0 aromatic carbocycles. The zero-order chi connectivity index (χ0) is 19.1. The fourth-order valence-corrected chi connectivity index (χ4v) is 3.72. The average Bonchev–Trinajstić information content (AvgIpc) is 3.24. The maximum Gasteiger partial charge on any atom is 0.258 e. The SMILES string of the molecule is Cc1nc2c(c(=O)n1C)CN(C(=O)[C@@H]1CC(=O)N(Cc3ccccn3)C1)C2. The van der Waals surface area contributed by atoms with Gasteiger partial charge in [-0.1, -0.05) is 6.07 Å². The quantitative estimate of drug-likeness (QED) is 0.782. The number of nitrogens with zero attached hydrogens (tertiary/aromatic N) is 5. The Hall–Kier alpha value is -3.03. The summed E-state index contributed by atoms with van der Waals surface area (Å²) >= 11 is 0. The van der Waals surface area contributed by atoms with Crippen LogP contribution in [0.2, 0.25) is 0 Å². The lowest BCUT2D eigenvalue weighted by atomic mass is 10.1. The molecule has 1 fully saturated rings. The number of hydrogen-bond donors (Lipinski definition) is 0. The number of likely N-dealkylation sites (tertiary alicyclic amines) is 1. The van der Waals surface area contributed by atoms with Crippen molar-refractivity contribution in [2.24, 2.45) is 13.0 Å². The lowest BCUT2D eigenvalue weighted by Crippen LogP contribution is -2.34. The van der Waals surface area contributed by atoms with Crippen molar-refractivity contribution in [2.45, 2.75) is 33.0 Å². The Kier molecular flexibility index (Phi) is 4.25. The molecule has 27 heavy (non-hydrogen) atoms. The number of carbonyl (C=O) groups is 2. The summed E-state index contributed by atoms with van der Waals surface area (Å²) in [7, 11) is 1.68. The molecular formula is C19H21N5O3. The molecule has 0 saturated carbocycles. The van der Waals surface area contributed by atoms with Crippen molar-refractivity contribution in [2.75, 3.05) is 6.54 Å². The summed E-state index contributed by atoms with van der Waals surface area (Å²) in [6.45, 7) is 3.16. The highest BCUT2D eigenvalue weighted by Gasteiger charge is 2.39. The van der Waals surface area contributed by atoms with Crippen LogP contribution in [0.15, 0.2) is 29.2 Å².